The van der Waals surface area contributed by atoms with Gasteiger partial charge in [-0.15, -0.1) is 11.3 Å². The molecule has 0 amide bonds. The molecule has 0 N–H and O–H groups in total. The third kappa shape index (κ3) is 5.82. The van der Waals surface area contributed by atoms with Gasteiger partial charge in [0.2, 0.25) is 0 Å². The molecule has 3 heterocycles. The van der Waals surface area contributed by atoms with Gasteiger partial charge in [0.05, 0.1) is 16.5 Å². The molecule has 2 aliphatic carbocycles. The summed E-state index contributed by atoms with van der Waals surface area (Å²) >= 11 is 1.86. The Bertz CT molecular complexity index is 4570. The summed E-state index contributed by atoms with van der Waals surface area (Å²) in [6, 6.07) is 100. The van der Waals surface area contributed by atoms with Crippen LogP contribution in [0.3, 0.4) is 0 Å². The number of benzene rings is 12. The number of para-hydroxylation sites is 4. The van der Waals surface area contributed by atoms with Gasteiger partial charge in [0.15, 0.2) is 0 Å². The molecule has 13 aromatic rings. The number of thiophene rings is 1. The molecule has 0 atom stereocenters. The molecular weight excluding hydrogens is 967 g/mol. The average Bonchev–Trinajstić information content (AvgIpc) is 3.45. The van der Waals surface area contributed by atoms with Crippen LogP contribution in [0.2, 0.25) is 0 Å². The van der Waals surface area contributed by atoms with Crippen molar-refractivity contribution in [3.05, 3.63) is 317 Å². The van der Waals surface area contributed by atoms with Gasteiger partial charge in [-0.2, -0.15) is 0 Å². The number of anilines is 3. The van der Waals surface area contributed by atoms with E-state index in [1.807, 2.05) is 11.3 Å². The molecule has 3 nitrogen and oxygen atoms in total. The quantitative estimate of drug-likeness (QED) is 0.171. The summed E-state index contributed by atoms with van der Waals surface area (Å²) in [5, 5.41) is 2.62. The molecule has 2 spiro atoms. The van der Waals surface area contributed by atoms with E-state index in [1.165, 1.54) is 81.4 Å². The van der Waals surface area contributed by atoms with Crippen LogP contribution in [0, 0.1) is 0 Å². The molecule has 0 fully saturated rings. The largest absolute Gasteiger partial charge is 0.457 e. The first-order valence-electron chi connectivity index (χ1n) is 26.8. The van der Waals surface area contributed by atoms with Crippen molar-refractivity contribution in [3.8, 4) is 67.5 Å². The highest BCUT2D eigenvalue weighted by atomic mass is 32.1. The lowest BCUT2D eigenvalue weighted by Crippen LogP contribution is -2.32. The van der Waals surface area contributed by atoms with E-state index < -0.39 is 10.8 Å². The van der Waals surface area contributed by atoms with Crippen LogP contribution >= 0.6 is 11.3 Å². The van der Waals surface area contributed by atoms with Crippen LogP contribution in [0.25, 0.3) is 64.7 Å². The molecule has 12 aromatic carbocycles. The van der Waals surface area contributed by atoms with Gasteiger partial charge in [-0.05, 0) is 128 Å². The van der Waals surface area contributed by atoms with E-state index in [4.69, 9.17) is 9.47 Å². The van der Waals surface area contributed by atoms with Crippen molar-refractivity contribution in [3.63, 3.8) is 0 Å². The van der Waals surface area contributed by atoms with E-state index in [-0.39, 0.29) is 0 Å². The Morgan fingerprint density at radius 3 is 1.37 bits per heavy atom. The van der Waals surface area contributed by atoms with Gasteiger partial charge in [-0.1, -0.05) is 206 Å². The molecular formula is C74H45NO2S. The molecule has 1 aromatic heterocycles. The first-order valence-corrected chi connectivity index (χ1v) is 27.6. The maximum Gasteiger partial charge on any atom is 0.132 e. The topological polar surface area (TPSA) is 21.7 Å². The number of rotatable bonds is 5. The summed E-state index contributed by atoms with van der Waals surface area (Å²) in [5.41, 5.74) is 21.3. The molecule has 0 radical (unpaired) electrons. The van der Waals surface area contributed by atoms with E-state index in [0.29, 0.717) is 0 Å². The third-order valence-corrected chi connectivity index (χ3v) is 18.3. The van der Waals surface area contributed by atoms with Crippen molar-refractivity contribution in [2.75, 3.05) is 4.90 Å². The minimum atomic E-state index is -0.620. The minimum Gasteiger partial charge on any atom is -0.457 e. The van der Waals surface area contributed by atoms with E-state index in [9.17, 15) is 0 Å². The third-order valence-electron chi connectivity index (χ3n) is 17.2. The standard InChI is InChI=1S/C74H45NO2S/c1-4-24-56-54(21-1)71-51(23-16-30-62(71)73(56)58-26-6-10-33-65(58)76-66-34-11-7-27-59(66)73)48-18-15-19-50(44-48)75(49-41-38-46(39-42-49)47-40-43-53-52-20-3-14-37-69(52)78-70(53)45-47)64-32-17-31-63-72(64)55-22-2-5-25-57(55)74(63)60-28-8-12-35-67(60)77-68-36-13-9-29-61(68)74/h1-45H. The van der Waals surface area contributed by atoms with E-state index >= 15 is 0 Å². The average molecular weight is 1010 g/mol. The summed E-state index contributed by atoms with van der Waals surface area (Å²) in [5.74, 6) is 3.54. The lowest BCUT2D eigenvalue weighted by atomic mass is 9.66. The molecule has 364 valence electrons. The summed E-state index contributed by atoms with van der Waals surface area (Å²) < 4.78 is 16.1. The Morgan fingerprint density at radius 2 is 0.744 bits per heavy atom. The molecule has 0 bridgehead atoms. The second-order valence-electron chi connectivity index (χ2n) is 20.9. The smallest absolute Gasteiger partial charge is 0.132 e. The molecule has 78 heavy (non-hydrogen) atoms. The molecule has 0 saturated carbocycles. The normalized spacial score (nSPS) is 14.1. The molecule has 4 aliphatic rings. The number of fused-ring (bicyclic) bond motifs is 21. The van der Waals surface area contributed by atoms with Crippen LogP contribution < -0.4 is 14.4 Å². The van der Waals surface area contributed by atoms with Crippen LogP contribution in [-0.2, 0) is 10.8 Å². The van der Waals surface area contributed by atoms with E-state index in [1.54, 1.807) is 0 Å². The Morgan fingerprint density at radius 1 is 0.282 bits per heavy atom. The van der Waals surface area contributed by atoms with E-state index in [0.717, 1.165) is 67.9 Å². The Kier molecular flexibility index (Phi) is 9.14. The van der Waals surface area contributed by atoms with Gasteiger partial charge in [0, 0.05) is 59.4 Å². The van der Waals surface area contributed by atoms with Crippen LogP contribution in [0.1, 0.15) is 44.5 Å². The Hall–Kier alpha value is -9.74. The van der Waals surface area contributed by atoms with Gasteiger partial charge in [0.25, 0.3) is 0 Å². The molecule has 0 saturated heterocycles. The highest BCUT2D eigenvalue weighted by Gasteiger charge is 2.53. The summed E-state index contributed by atoms with van der Waals surface area (Å²) in [7, 11) is 0. The predicted octanol–water partition coefficient (Wildman–Crippen LogP) is 19.8. The van der Waals surface area contributed by atoms with Crippen molar-refractivity contribution in [1.29, 1.82) is 0 Å². The highest BCUT2D eigenvalue weighted by molar-refractivity contribution is 7.25. The lowest BCUT2D eigenvalue weighted by Gasteiger charge is -2.39. The summed E-state index contributed by atoms with van der Waals surface area (Å²) in [4.78, 5) is 2.50. The summed E-state index contributed by atoms with van der Waals surface area (Å²) in [6.45, 7) is 0. The zero-order valence-corrected chi connectivity index (χ0v) is 43.0. The van der Waals surface area contributed by atoms with Crippen LogP contribution in [0.5, 0.6) is 23.0 Å². The van der Waals surface area contributed by atoms with E-state index in [2.05, 4.69) is 278 Å². The van der Waals surface area contributed by atoms with Gasteiger partial charge in [-0.3, -0.25) is 0 Å². The van der Waals surface area contributed by atoms with Crippen LogP contribution in [0.4, 0.5) is 17.1 Å². The fourth-order valence-corrected chi connectivity index (χ4v) is 15.3. The fraction of sp³-hybridized carbons (Fsp3) is 0.0270. The number of hydrogen-bond donors (Lipinski definition) is 0. The maximum absolute atomic E-state index is 6.76. The molecule has 0 unspecified atom stereocenters. The monoisotopic (exact) mass is 1010 g/mol. The summed E-state index contributed by atoms with van der Waals surface area (Å²) in [6.07, 6.45) is 0. The fourth-order valence-electron chi connectivity index (χ4n) is 14.2. The number of ether oxygens (including phenoxy) is 2. The van der Waals surface area contributed by atoms with Crippen molar-refractivity contribution < 1.29 is 9.47 Å². The van der Waals surface area contributed by atoms with Gasteiger partial charge >= 0.3 is 0 Å². The van der Waals surface area contributed by atoms with Gasteiger partial charge < -0.3 is 14.4 Å². The number of nitrogens with zero attached hydrogens (tertiary/aromatic N) is 1. The predicted molar refractivity (Wildman–Crippen MR) is 320 cm³/mol. The molecule has 17 rings (SSSR count). The van der Waals surface area contributed by atoms with Gasteiger partial charge in [-0.25, -0.2) is 0 Å². The highest BCUT2D eigenvalue weighted by Crippen LogP contribution is 2.66. The molecule has 2 aliphatic heterocycles. The van der Waals surface area contributed by atoms with Gasteiger partial charge in [0.1, 0.15) is 23.0 Å². The Labute approximate surface area is 456 Å². The maximum atomic E-state index is 6.76. The van der Waals surface area contributed by atoms with Crippen molar-refractivity contribution >= 4 is 48.6 Å². The van der Waals surface area contributed by atoms with Crippen LogP contribution in [-0.4, -0.2) is 0 Å². The van der Waals surface area contributed by atoms with Crippen molar-refractivity contribution in [2.24, 2.45) is 0 Å². The zero-order valence-electron chi connectivity index (χ0n) is 42.2. The zero-order chi connectivity index (χ0) is 51.1. The number of hydrogen-bond acceptors (Lipinski definition) is 4. The SMILES string of the molecule is c1cc(-c2cccc3c2-c2ccccc2C32c3ccccc3Oc3ccccc32)cc(N(c2ccc(-c3ccc4c(c3)sc3ccccc34)cc2)c2cccc3c2-c2ccccc2C32c3ccccc3Oc3ccccc32)c1. The first-order chi connectivity index (χ1) is 38.7. The van der Waals surface area contributed by atoms with Crippen molar-refractivity contribution in [2.45, 2.75) is 10.8 Å². The first kappa shape index (κ1) is 43.5. The van der Waals surface area contributed by atoms with Crippen molar-refractivity contribution in [1.82, 2.24) is 0 Å². The minimum absolute atomic E-state index is 0.574. The Balaban J connectivity index is 0.889. The second kappa shape index (κ2) is 16.4. The second-order valence-corrected chi connectivity index (χ2v) is 22.0. The molecule has 4 heteroatoms. The van der Waals surface area contributed by atoms with Crippen LogP contribution in [0.15, 0.2) is 273 Å². The lowest BCUT2D eigenvalue weighted by molar-refractivity contribution is 0.436.